The fourth-order valence-electron chi connectivity index (χ4n) is 3.67. The molecule has 2 atom stereocenters. The average Bonchev–Trinajstić information content (AvgIpc) is 2.73. The van der Waals surface area contributed by atoms with Crippen LogP contribution in [0.2, 0.25) is 0 Å². The van der Waals surface area contributed by atoms with Crippen LogP contribution in [-0.4, -0.2) is 40.1 Å². The summed E-state index contributed by atoms with van der Waals surface area (Å²) in [5.41, 5.74) is 7.14. The van der Waals surface area contributed by atoms with E-state index in [1.165, 1.54) is 25.4 Å². The molecule has 2 heterocycles. The SMILES string of the molecule is CC(=O)Nc1ccc(C2CC[C@H](C)CN2C(=O)C(=O)Nc2cncc(C(N)=O)c2)cc1. The molecule has 1 aromatic carbocycles. The quantitative estimate of drug-likeness (QED) is 0.647. The number of carbonyl (C=O) groups is 4. The predicted octanol–water partition coefficient (Wildman–Crippen LogP) is 2.08. The van der Waals surface area contributed by atoms with E-state index in [9.17, 15) is 19.2 Å². The molecule has 2 aromatic rings. The first-order valence-electron chi connectivity index (χ1n) is 9.99. The molecule has 1 aliphatic heterocycles. The first kappa shape index (κ1) is 21.9. The van der Waals surface area contributed by atoms with Crippen LogP contribution in [0, 0.1) is 5.92 Å². The maximum Gasteiger partial charge on any atom is 0.313 e. The van der Waals surface area contributed by atoms with Crippen LogP contribution in [0.3, 0.4) is 0 Å². The molecule has 9 nitrogen and oxygen atoms in total. The molecule has 1 unspecified atom stereocenters. The zero-order chi connectivity index (χ0) is 22.5. The molecule has 0 aliphatic carbocycles. The van der Waals surface area contributed by atoms with E-state index in [-0.39, 0.29) is 29.1 Å². The van der Waals surface area contributed by atoms with E-state index < -0.39 is 17.7 Å². The molecule has 0 spiro atoms. The zero-order valence-electron chi connectivity index (χ0n) is 17.4. The van der Waals surface area contributed by atoms with E-state index in [0.717, 1.165) is 18.4 Å². The number of pyridine rings is 1. The number of primary amides is 1. The van der Waals surface area contributed by atoms with Gasteiger partial charge in [-0.2, -0.15) is 0 Å². The maximum absolute atomic E-state index is 13.0. The van der Waals surface area contributed by atoms with Gasteiger partial charge >= 0.3 is 11.8 Å². The molecular weight excluding hydrogens is 398 g/mol. The van der Waals surface area contributed by atoms with E-state index >= 15 is 0 Å². The lowest BCUT2D eigenvalue weighted by Gasteiger charge is -2.38. The Bertz CT molecular complexity index is 1010. The van der Waals surface area contributed by atoms with Gasteiger partial charge in [-0.3, -0.25) is 24.2 Å². The van der Waals surface area contributed by atoms with Gasteiger partial charge in [0.25, 0.3) is 0 Å². The first-order chi connectivity index (χ1) is 14.7. The number of piperidine rings is 1. The van der Waals surface area contributed by atoms with E-state index in [0.29, 0.717) is 12.2 Å². The molecule has 31 heavy (non-hydrogen) atoms. The van der Waals surface area contributed by atoms with Gasteiger partial charge in [0.15, 0.2) is 0 Å². The Morgan fingerprint density at radius 1 is 1.03 bits per heavy atom. The molecule has 3 rings (SSSR count). The minimum absolute atomic E-state index is 0.133. The third-order valence-corrected chi connectivity index (χ3v) is 5.17. The summed E-state index contributed by atoms with van der Waals surface area (Å²) >= 11 is 0. The summed E-state index contributed by atoms with van der Waals surface area (Å²) < 4.78 is 0. The van der Waals surface area contributed by atoms with Crippen molar-refractivity contribution in [3.8, 4) is 0 Å². The van der Waals surface area contributed by atoms with Crippen molar-refractivity contribution in [3.63, 3.8) is 0 Å². The monoisotopic (exact) mass is 423 g/mol. The summed E-state index contributed by atoms with van der Waals surface area (Å²) in [5.74, 6) is -2.05. The lowest BCUT2D eigenvalue weighted by molar-refractivity contribution is -0.146. The summed E-state index contributed by atoms with van der Waals surface area (Å²) in [6, 6.07) is 8.37. The smallest absolute Gasteiger partial charge is 0.313 e. The van der Waals surface area contributed by atoms with E-state index in [1.54, 1.807) is 17.0 Å². The number of aromatic nitrogens is 1. The summed E-state index contributed by atoms with van der Waals surface area (Å²) in [7, 11) is 0. The minimum Gasteiger partial charge on any atom is -0.366 e. The first-order valence-corrected chi connectivity index (χ1v) is 9.99. The third-order valence-electron chi connectivity index (χ3n) is 5.17. The number of likely N-dealkylation sites (tertiary alicyclic amines) is 1. The molecule has 1 saturated heterocycles. The number of nitrogens with zero attached hydrogens (tertiary/aromatic N) is 2. The number of rotatable bonds is 4. The number of nitrogens with two attached hydrogens (primary N) is 1. The Morgan fingerprint density at radius 2 is 1.74 bits per heavy atom. The Balaban J connectivity index is 1.77. The number of anilines is 2. The summed E-state index contributed by atoms with van der Waals surface area (Å²) in [4.78, 5) is 53.6. The highest BCUT2D eigenvalue weighted by atomic mass is 16.2. The van der Waals surface area contributed by atoms with Crippen molar-refractivity contribution in [3.05, 3.63) is 53.9 Å². The lowest BCUT2D eigenvalue weighted by Crippen LogP contribution is -2.46. The number of amides is 4. The van der Waals surface area contributed by atoms with Crippen LogP contribution >= 0.6 is 0 Å². The molecule has 4 N–H and O–H groups in total. The summed E-state index contributed by atoms with van der Waals surface area (Å²) in [5, 5.41) is 5.22. The van der Waals surface area contributed by atoms with Crippen molar-refractivity contribution in [2.75, 3.05) is 17.2 Å². The molecule has 1 aromatic heterocycles. The van der Waals surface area contributed by atoms with Gasteiger partial charge in [0.2, 0.25) is 11.8 Å². The van der Waals surface area contributed by atoms with Crippen LogP contribution in [0.5, 0.6) is 0 Å². The van der Waals surface area contributed by atoms with Gasteiger partial charge in [0, 0.05) is 25.4 Å². The van der Waals surface area contributed by atoms with Gasteiger partial charge in [0.1, 0.15) is 0 Å². The molecule has 4 amide bonds. The molecule has 9 heteroatoms. The number of benzene rings is 1. The second kappa shape index (κ2) is 9.38. The van der Waals surface area contributed by atoms with Gasteiger partial charge in [-0.25, -0.2) is 0 Å². The molecular formula is C22H25N5O4. The van der Waals surface area contributed by atoms with Crippen molar-refractivity contribution in [2.24, 2.45) is 11.7 Å². The average molecular weight is 423 g/mol. The largest absolute Gasteiger partial charge is 0.366 e. The second-order valence-electron chi connectivity index (χ2n) is 7.74. The highest BCUT2D eigenvalue weighted by Gasteiger charge is 2.34. The fraction of sp³-hybridized carbons (Fsp3) is 0.318. The van der Waals surface area contributed by atoms with E-state index in [2.05, 4.69) is 15.6 Å². The Labute approximate surface area is 180 Å². The van der Waals surface area contributed by atoms with E-state index in [1.807, 2.05) is 19.1 Å². The standard InChI is InChI=1S/C22H25N5O4/c1-13-3-8-19(15-4-6-17(7-5-15)25-14(2)28)27(12-13)22(31)21(30)26-18-9-16(20(23)29)10-24-11-18/h4-7,9-11,13,19H,3,8,12H2,1-2H3,(H2,23,29)(H,25,28)(H,26,30)/t13-,19?/m0/s1. The molecule has 0 bridgehead atoms. The van der Waals surface area contributed by atoms with Crippen molar-refractivity contribution in [1.29, 1.82) is 0 Å². The summed E-state index contributed by atoms with van der Waals surface area (Å²) in [6.45, 7) is 3.92. The maximum atomic E-state index is 13.0. The van der Waals surface area contributed by atoms with Gasteiger partial charge in [-0.1, -0.05) is 19.1 Å². The zero-order valence-corrected chi connectivity index (χ0v) is 17.4. The van der Waals surface area contributed by atoms with Crippen LogP contribution in [0.15, 0.2) is 42.7 Å². The molecule has 1 fully saturated rings. The Hall–Kier alpha value is -3.75. The Morgan fingerprint density at radius 3 is 2.39 bits per heavy atom. The van der Waals surface area contributed by atoms with Crippen LogP contribution in [0.1, 0.15) is 48.7 Å². The van der Waals surface area contributed by atoms with Gasteiger partial charge < -0.3 is 21.3 Å². The van der Waals surface area contributed by atoms with Crippen molar-refractivity contribution in [2.45, 2.75) is 32.7 Å². The van der Waals surface area contributed by atoms with Gasteiger partial charge in [0.05, 0.1) is 23.5 Å². The number of hydrogen-bond acceptors (Lipinski definition) is 5. The van der Waals surface area contributed by atoms with Crippen LogP contribution in [-0.2, 0) is 14.4 Å². The third kappa shape index (κ3) is 5.44. The number of hydrogen-bond donors (Lipinski definition) is 3. The fourth-order valence-corrected chi connectivity index (χ4v) is 3.67. The van der Waals surface area contributed by atoms with Crippen molar-refractivity contribution in [1.82, 2.24) is 9.88 Å². The van der Waals surface area contributed by atoms with Crippen LogP contribution < -0.4 is 16.4 Å². The summed E-state index contributed by atoms with van der Waals surface area (Å²) in [6.07, 6.45) is 4.27. The topological polar surface area (TPSA) is 134 Å². The van der Waals surface area contributed by atoms with Crippen LogP contribution in [0.4, 0.5) is 11.4 Å². The second-order valence-corrected chi connectivity index (χ2v) is 7.74. The van der Waals surface area contributed by atoms with Gasteiger partial charge in [-0.05, 0) is 42.5 Å². The van der Waals surface area contributed by atoms with Crippen molar-refractivity contribution >= 4 is 35.0 Å². The highest BCUT2D eigenvalue weighted by Crippen LogP contribution is 2.34. The lowest BCUT2D eigenvalue weighted by atomic mass is 9.89. The van der Waals surface area contributed by atoms with Crippen LogP contribution in [0.25, 0.3) is 0 Å². The Kier molecular flexibility index (Phi) is 6.64. The van der Waals surface area contributed by atoms with Crippen molar-refractivity contribution < 1.29 is 19.2 Å². The molecule has 162 valence electrons. The molecule has 0 saturated carbocycles. The number of carbonyl (C=O) groups excluding carboxylic acids is 4. The molecule has 1 aliphatic rings. The number of nitrogens with one attached hydrogen (secondary N) is 2. The molecule has 0 radical (unpaired) electrons. The minimum atomic E-state index is -0.808. The predicted molar refractivity (Wildman–Crippen MR) is 115 cm³/mol. The highest BCUT2D eigenvalue weighted by molar-refractivity contribution is 6.39. The van der Waals surface area contributed by atoms with E-state index in [4.69, 9.17) is 5.73 Å². The van der Waals surface area contributed by atoms with Gasteiger partial charge in [-0.15, -0.1) is 0 Å². The normalized spacial score (nSPS) is 18.2.